The van der Waals surface area contributed by atoms with Crippen molar-refractivity contribution in [2.45, 2.75) is 71.9 Å². The van der Waals surface area contributed by atoms with Gasteiger partial charge in [-0.2, -0.15) is 0 Å². The molecule has 1 aliphatic rings. The Hall–Kier alpha value is -1.67. The summed E-state index contributed by atoms with van der Waals surface area (Å²) < 4.78 is 5.70. The van der Waals surface area contributed by atoms with Gasteiger partial charge in [0.05, 0.1) is 12.5 Å². The van der Waals surface area contributed by atoms with E-state index in [4.69, 9.17) is 4.74 Å². The summed E-state index contributed by atoms with van der Waals surface area (Å²) >= 11 is 0. The third kappa shape index (κ3) is 8.14. The van der Waals surface area contributed by atoms with Crippen molar-refractivity contribution < 1.29 is 24.3 Å². The summed E-state index contributed by atoms with van der Waals surface area (Å²) in [5.41, 5.74) is -0.531. The van der Waals surface area contributed by atoms with Crippen LogP contribution in [0.2, 0.25) is 0 Å². The Morgan fingerprint density at radius 3 is 2.43 bits per heavy atom. The number of unbranched alkanes of at least 4 members (excludes halogenated alkanes) is 1. The summed E-state index contributed by atoms with van der Waals surface area (Å²) in [6.07, 6.45) is 3.90. The zero-order chi connectivity index (χ0) is 21.3. The maximum atomic E-state index is 12.8. The molecular formula is C20H37N3O5. The number of hydrogen-bond donors (Lipinski definition) is 2. The fourth-order valence-corrected chi connectivity index (χ4v) is 3.25. The number of nitrogens with one attached hydrogen (secondary N) is 1. The van der Waals surface area contributed by atoms with Gasteiger partial charge in [-0.25, -0.2) is 9.86 Å². The predicted molar refractivity (Wildman–Crippen MR) is 106 cm³/mol. The predicted octanol–water partition coefficient (Wildman–Crippen LogP) is 1.81. The summed E-state index contributed by atoms with van der Waals surface area (Å²) in [6, 6.07) is -0.799. The van der Waals surface area contributed by atoms with Gasteiger partial charge < -0.3 is 15.0 Å². The van der Waals surface area contributed by atoms with E-state index in [0.717, 1.165) is 38.8 Å². The SMILES string of the molecule is CCCC[C@H](CN(O)C=O)C(=O)N[C@H](C(=O)OC1CCN(C)CC1)C(C)(C)C. The van der Waals surface area contributed by atoms with Crippen LogP contribution in [-0.4, -0.2) is 72.3 Å². The standard InChI is InChI=1S/C20H37N3O5/c1-6-7-8-15(13-23(27)14-24)18(25)21-17(20(2,3)4)19(26)28-16-9-11-22(5)12-10-16/h14-17,27H,6-13H2,1-5H3,(H,21,25)/t15-,17-/m1/s1. The van der Waals surface area contributed by atoms with Crippen LogP contribution in [0, 0.1) is 11.3 Å². The zero-order valence-electron chi connectivity index (χ0n) is 17.9. The highest BCUT2D eigenvalue weighted by molar-refractivity contribution is 5.86. The Balaban J connectivity index is 2.80. The molecule has 1 heterocycles. The van der Waals surface area contributed by atoms with E-state index in [1.165, 1.54) is 0 Å². The maximum Gasteiger partial charge on any atom is 0.329 e. The molecule has 1 rings (SSSR count). The highest BCUT2D eigenvalue weighted by Gasteiger charge is 2.37. The lowest BCUT2D eigenvalue weighted by Gasteiger charge is -2.34. The van der Waals surface area contributed by atoms with Crippen molar-refractivity contribution in [1.29, 1.82) is 0 Å². The number of nitrogens with zero attached hydrogens (tertiary/aromatic N) is 2. The molecular weight excluding hydrogens is 362 g/mol. The number of hydrogen-bond acceptors (Lipinski definition) is 6. The van der Waals surface area contributed by atoms with Crippen LogP contribution in [0.4, 0.5) is 0 Å². The minimum atomic E-state index is -0.799. The Bertz CT molecular complexity index is 512. The molecule has 2 N–H and O–H groups in total. The molecule has 28 heavy (non-hydrogen) atoms. The van der Waals surface area contributed by atoms with Crippen molar-refractivity contribution in [1.82, 2.24) is 15.3 Å². The molecule has 0 aromatic heterocycles. The minimum Gasteiger partial charge on any atom is -0.461 e. The van der Waals surface area contributed by atoms with E-state index in [1.807, 2.05) is 34.7 Å². The van der Waals surface area contributed by atoms with E-state index >= 15 is 0 Å². The number of hydroxylamine groups is 2. The average molecular weight is 400 g/mol. The molecule has 0 saturated carbocycles. The summed E-state index contributed by atoms with van der Waals surface area (Å²) in [5, 5.41) is 12.8. The van der Waals surface area contributed by atoms with E-state index in [-0.39, 0.29) is 25.0 Å². The lowest BCUT2D eigenvalue weighted by molar-refractivity contribution is -0.160. The monoisotopic (exact) mass is 399 g/mol. The van der Waals surface area contributed by atoms with Crippen LogP contribution in [0.25, 0.3) is 0 Å². The number of rotatable bonds is 10. The Morgan fingerprint density at radius 1 is 1.32 bits per heavy atom. The van der Waals surface area contributed by atoms with Gasteiger partial charge in [0, 0.05) is 13.1 Å². The van der Waals surface area contributed by atoms with Crippen molar-refractivity contribution in [2.24, 2.45) is 11.3 Å². The third-order valence-corrected chi connectivity index (χ3v) is 5.14. The summed E-state index contributed by atoms with van der Waals surface area (Å²) in [7, 11) is 2.04. The Labute approximate surface area is 168 Å². The molecule has 1 saturated heterocycles. The van der Waals surface area contributed by atoms with Crippen LogP contribution in [0.5, 0.6) is 0 Å². The van der Waals surface area contributed by atoms with Crippen molar-refractivity contribution in [3.05, 3.63) is 0 Å². The molecule has 0 spiro atoms. The molecule has 2 atom stereocenters. The molecule has 0 bridgehead atoms. The molecule has 162 valence electrons. The Morgan fingerprint density at radius 2 is 1.93 bits per heavy atom. The van der Waals surface area contributed by atoms with Crippen molar-refractivity contribution in [3.63, 3.8) is 0 Å². The van der Waals surface area contributed by atoms with Crippen LogP contribution >= 0.6 is 0 Å². The highest BCUT2D eigenvalue weighted by Crippen LogP contribution is 2.23. The quantitative estimate of drug-likeness (QED) is 0.252. The largest absolute Gasteiger partial charge is 0.461 e. The van der Waals surface area contributed by atoms with Gasteiger partial charge in [0.2, 0.25) is 12.3 Å². The van der Waals surface area contributed by atoms with E-state index in [2.05, 4.69) is 10.2 Å². The summed E-state index contributed by atoms with van der Waals surface area (Å²) in [6.45, 7) is 9.28. The Kier molecular flexibility index (Phi) is 9.89. The van der Waals surface area contributed by atoms with E-state index in [1.54, 1.807) is 0 Å². The molecule has 0 unspecified atom stereocenters. The summed E-state index contributed by atoms with van der Waals surface area (Å²) in [4.78, 5) is 38.6. The van der Waals surface area contributed by atoms with E-state index < -0.39 is 23.3 Å². The number of esters is 1. The first-order chi connectivity index (χ1) is 13.1. The zero-order valence-corrected chi connectivity index (χ0v) is 17.9. The fourth-order valence-electron chi connectivity index (χ4n) is 3.25. The first-order valence-electron chi connectivity index (χ1n) is 10.2. The number of likely N-dealkylation sites (tertiary alicyclic amines) is 1. The molecule has 1 aliphatic heterocycles. The minimum absolute atomic E-state index is 0.101. The third-order valence-electron chi connectivity index (χ3n) is 5.14. The van der Waals surface area contributed by atoms with Gasteiger partial charge in [-0.15, -0.1) is 0 Å². The first kappa shape index (κ1) is 24.4. The van der Waals surface area contributed by atoms with Gasteiger partial charge in [0.25, 0.3) is 0 Å². The van der Waals surface area contributed by atoms with Crippen molar-refractivity contribution >= 4 is 18.3 Å². The van der Waals surface area contributed by atoms with Gasteiger partial charge in [-0.05, 0) is 31.7 Å². The van der Waals surface area contributed by atoms with E-state index in [0.29, 0.717) is 11.5 Å². The fraction of sp³-hybridized carbons (Fsp3) is 0.850. The second-order valence-corrected chi connectivity index (χ2v) is 8.81. The lowest BCUT2D eigenvalue weighted by atomic mass is 9.86. The first-order valence-corrected chi connectivity index (χ1v) is 10.2. The lowest BCUT2D eigenvalue weighted by Crippen LogP contribution is -2.53. The summed E-state index contributed by atoms with van der Waals surface area (Å²) in [5.74, 6) is -1.37. The van der Waals surface area contributed by atoms with Gasteiger partial charge in [-0.3, -0.25) is 14.8 Å². The topological polar surface area (TPSA) is 99.2 Å². The highest BCUT2D eigenvalue weighted by atomic mass is 16.5. The number of piperidine rings is 1. The van der Waals surface area contributed by atoms with Gasteiger partial charge in [0.1, 0.15) is 12.1 Å². The van der Waals surface area contributed by atoms with Crippen LogP contribution in [0.3, 0.4) is 0 Å². The van der Waals surface area contributed by atoms with Crippen LogP contribution in [0.1, 0.15) is 59.8 Å². The molecule has 8 nitrogen and oxygen atoms in total. The molecule has 8 heteroatoms. The number of carbonyl (C=O) groups excluding carboxylic acids is 3. The molecule has 0 aliphatic carbocycles. The van der Waals surface area contributed by atoms with E-state index in [9.17, 15) is 19.6 Å². The van der Waals surface area contributed by atoms with Crippen LogP contribution in [0.15, 0.2) is 0 Å². The molecule has 0 aromatic rings. The second-order valence-electron chi connectivity index (χ2n) is 8.81. The smallest absolute Gasteiger partial charge is 0.329 e. The second kappa shape index (κ2) is 11.4. The van der Waals surface area contributed by atoms with Crippen LogP contribution < -0.4 is 5.32 Å². The van der Waals surface area contributed by atoms with Gasteiger partial charge in [-0.1, -0.05) is 40.5 Å². The molecule has 2 amide bonds. The van der Waals surface area contributed by atoms with Crippen molar-refractivity contribution in [2.75, 3.05) is 26.7 Å². The van der Waals surface area contributed by atoms with Crippen molar-refractivity contribution in [3.8, 4) is 0 Å². The van der Waals surface area contributed by atoms with Crippen LogP contribution in [-0.2, 0) is 19.1 Å². The maximum absolute atomic E-state index is 12.8. The molecule has 1 fully saturated rings. The molecule has 0 radical (unpaired) electrons. The average Bonchev–Trinajstić information content (AvgIpc) is 2.63. The molecule has 0 aromatic carbocycles. The number of carbonyl (C=O) groups is 3. The normalized spacial score (nSPS) is 18.2. The van der Waals surface area contributed by atoms with Gasteiger partial charge >= 0.3 is 5.97 Å². The van der Waals surface area contributed by atoms with Gasteiger partial charge in [0.15, 0.2) is 0 Å². The number of ether oxygens (including phenoxy) is 1. The number of amides is 2.